The summed E-state index contributed by atoms with van der Waals surface area (Å²) in [4.78, 5) is 16.8. The highest BCUT2D eigenvalue weighted by Crippen LogP contribution is 2.17. The second-order valence-electron chi connectivity index (χ2n) is 6.14. The van der Waals surface area contributed by atoms with Crippen LogP contribution in [0.5, 0.6) is 0 Å². The summed E-state index contributed by atoms with van der Waals surface area (Å²) in [5.74, 6) is -0.0832. The molecule has 0 unspecified atom stereocenters. The van der Waals surface area contributed by atoms with E-state index in [4.69, 9.17) is 0 Å². The summed E-state index contributed by atoms with van der Waals surface area (Å²) < 4.78 is 3.47. The minimum atomic E-state index is -0.393. The lowest BCUT2D eigenvalue weighted by atomic mass is 10.1. The summed E-state index contributed by atoms with van der Waals surface area (Å²) in [5.41, 5.74) is 2.89. The van der Waals surface area contributed by atoms with Crippen molar-refractivity contribution < 1.29 is 4.79 Å². The Kier molecular flexibility index (Phi) is 4.92. The number of benzene rings is 1. The summed E-state index contributed by atoms with van der Waals surface area (Å²) >= 11 is 0. The number of aryl methyl sites for hydroxylation is 2. The Balaban J connectivity index is 1.79. The molecule has 2 heterocycles. The van der Waals surface area contributed by atoms with Crippen LogP contribution < -0.4 is 5.32 Å². The fourth-order valence-electron chi connectivity index (χ4n) is 2.88. The number of nitrogens with zero attached hydrogens (tertiary/aromatic N) is 5. The van der Waals surface area contributed by atoms with Crippen LogP contribution >= 0.6 is 0 Å². The van der Waals surface area contributed by atoms with Gasteiger partial charge in [-0.3, -0.25) is 14.2 Å². The van der Waals surface area contributed by atoms with Crippen molar-refractivity contribution >= 4 is 5.91 Å². The van der Waals surface area contributed by atoms with E-state index >= 15 is 0 Å². The molecular formula is C18H22N6O. The number of carbonyl (C=O) groups excluding carboxylic acids is 1. The van der Waals surface area contributed by atoms with Gasteiger partial charge < -0.3 is 5.32 Å². The van der Waals surface area contributed by atoms with Crippen molar-refractivity contribution in [1.82, 2.24) is 29.9 Å². The molecule has 130 valence electrons. The first-order valence-corrected chi connectivity index (χ1v) is 8.25. The van der Waals surface area contributed by atoms with E-state index in [1.54, 1.807) is 15.7 Å². The lowest BCUT2D eigenvalue weighted by molar-refractivity contribution is -0.125. The first-order valence-electron chi connectivity index (χ1n) is 8.25. The van der Waals surface area contributed by atoms with Gasteiger partial charge in [0.05, 0.1) is 18.3 Å². The number of amides is 1. The van der Waals surface area contributed by atoms with Gasteiger partial charge in [0.15, 0.2) is 0 Å². The van der Waals surface area contributed by atoms with Crippen molar-refractivity contribution in [3.05, 3.63) is 66.0 Å². The molecule has 1 N–H and O–H groups in total. The molecular weight excluding hydrogens is 316 g/mol. The van der Waals surface area contributed by atoms with Gasteiger partial charge in [0.1, 0.15) is 18.7 Å². The third-order valence-corrected chi connectivity index (χ3v) is 4.15. The number of carbonyl (C=O) groups is 1. The zero-order chi connectivity index (χ0) is 17.8. The Hall–Kier alpha value is -2.96. The maximum absolute atomic E-state index is 12.8. The zero-order valence-electron chi connectivity index (χ0n) is 14.6. The van der Waals surface area contributed by atoms with E-state index in [9.17, 15) is 4.79 Å². The molecule has 0 saturated heterocycles. The van der Waals surface area contributed by atoms with Gasteiger partial charge in [-0.25, -0.2) is 4.98 Å². The second kappa shape index (κ2) is 7.29. The SMILES string of the molecule is Cc1cc(C)n([C@H](C)C(=O)N[C@@H](Cn2cncn2)c2ccccc2)n1. The topological polar surface area (TPSA) is 77.6 Å². The number of rotatable bonds is 6. The highest BCUT2D eigenvalue weighted by Gasteiger charge is 2.22. The van der Waals surface area contributed by atoms with Crippen LogP contribution in [0.2, 0.25) is 0 Å². The Bertz CT molecular complexity index is 825. The summed E-state index contributed by atoms with van der Waals surface area (Å²) in [7, 11) is 0. The molecule has 0 spiro atoms. The number of nitrogens with one attached hydrogen (secondary N) is 1. The van der Waals surface area contributed by atoms with Gasteiger partial charge in [-0.1, -0.05) is 30.3 Å². The van der Waals surface area contributed by atoms with Crippen molar-refractivity contribution in [3.8, 4) is 0 Å². The maximum atomic E-state index is 12.8. The molecule has 7 heteroatoms. The van der Waals surface area contributed by atoms with Gasteiger partial charge in [-0.15, -0.1) is 0 Å². The van der Waals surface area contributed by atoms with E-state index in [0.717, 1.165) is 17.0 Å². The standard InChI is InChI=1S/C18H22N6O/c1-13-9-14(2)24(22-13)15(3)18(25)21-17(10-23-12-19-11-20-23)16-7-5-4-6-8-16/h4-9,11-12,15,17H,10H2,1-3H3,(H,21,25)/t15-,17+/m1/s1. The fourth-order valence-corrected chi connectivity index (χ4v) is 2.88. The quantitative estimate of drug-likeness (QED) is 0.747. The summed E-state index contributed by atoms with van der Waals surface area (Å²) in [6, 6.07) is 11.2. The Morgan fingerprint density at radius 1 is 1.24 bits per heavy atom. The summed E-state index contributed by atoms with van der Waals surface area (Å²) in [6.45, 7) is 6.24. The van der Waals surface area contributed by atoms with Crippen molar-refractivity contribution in [1.29, 1.82) is 0 Å². The molecule has 1 aromatic carbocycles. The first-order chi connectivity index (χ1) is 12.0. The van der Waals surface area contributed by atoms with Gasteiger partial charge in [0, 0.05) is 5.69 Å². The third-order valence-electron chi connectivity index (χ3n) is 4.15. The van der Waals surface area contributed by atoms with Crippen molar-refractivity contribution in [2.75, 3.05) is 0 Å². The van der Waals surface area contributed by atoms with Crippen LogP contribution in [0.1, 0.15) is 36.0 Å². The smallest absolute Gasteiger partial charge is 0.245 e. The predicted molar refractivity (Wildman–Crippen MR) is 93.8 cm³/mol. The molecule has 0 aliphatic heterocycles. The molecule has 0 radical (unpaired) electrons. The van der Waals surface area contributed by atoms with Gasteiger partial charge >= 0.3 is 0 Å². The molecule has 25 heavy (non-hydrogen) atoms. The second-order valence-corrected chi connectivity index (χ2v) is 6.14. The molecule has 0 fully saturated rings. The third kappa shape index (κ3) is 3.93. The van der Waals surface area contributed by atoms with Crippen LogP contribution in [0.4, 0.5) is 0 Å². The van der Waals surface area contributed by atoms with Crippen LogP contribution in [-0.2, 0) is 11.3 Å². The Morgan fingerprint density at radius 2 is 2.00 bits per heavy atom. The molecule has 0 aliphatic carbocycles. The monoisotopic (exact) mass is 338 g/mol. The van der Waals surface area contributed by atoms with E-state index in [0.29, 0.717) is 6.54 Å². The number of aromatic nitrogens is 5. The van der Waals surface area contributed by atoms with E-state index in [-0.39, 0.29) is 11.9 Å². The highest BCUT2D eigenvalue weighted by molar-refractivity contribution is 5.80. The minimum Gasteiger partial charge on any atom is -0.346 e. The molecule has 2 aromatic heterocycles. The molecule has 3 aromatic rings. The average molecular weight is 338 g/mol. The van der Waals surface area contributed by atoms with Gasteiger partial charge in [-0.2, -0.15) is 10.2 Å². The largest absolute Gasteiger partial charge is 0.346 e. The highest BCUT2D eigenvalue weighted by atomic mass is 16.2. The van der Waals surface area contributed by atoms with E-state index in [1.807, 2.05) is 57.2 Å². The minimum absolute atomic E-state index is 0.0832. The van der Waals surface area contributed by atoms with Gasteiger partial charge in [0.25, 0.3) is 0 Å². The Labute approximate surface area is 146 Å². The first kappa shape index (κ1) is 16.9. The van der Waals surface area contributed by atoms with Crippen molar-refractivity contribution in [2.24, 2.45) is 0 Å². The zero-order valence-corrected chi connectivity index (χ0v) is 14.6. The molecule has 0 saturated carbocycles. The van der Waals surface area contributed by atoms with Gasteiger partial charge in [-0.05, 0) is 32.4 Å². The van der Waals surface area contributed by atoms with Gasteiger partial charge in [0.2, 0.25) is 5.91 Å². The van der Waals surface area contributed by atoms with E-state index < -0.39 is 6.04 Å². The Morgan fingerprint density at radius 3 is 2.60 bits per heavy atom. The van der Waals surface area contributed by atoms with Crippen LogP contribution in [-0.4, -0.2) is 30.5 Å². The lowest BCUT2D eigenvalue weighted by Crippen LogP contribution is -2.36. The number of hydrogen-bond acceptors (Lipinski definition) is 4. The van der Waals surface area contributed by atoms with Crippen molar-refractivity contribution in [3.63, 3.8) is 0 Å². The van der Waals surface area contributed by atoms with Crippen LogP contribution in [0.15, 0.2) is 49.1 Å². The van der Waals surface area contributed by atoms with Crippen LogP contribution in [0, 0.1) is 13.8 Å². The normalized spacial score (nSPS) is 13.4. The molecule has 0 bridgehead atoms. The van der Waals surface area contributed by atoms with Crippen LogP contribution in [0.3, 0.4) is 0 Å². The number of hydrogen-bond donors (Lipinski definition) is 1. The predicted octanol–water partition coefficient (Wildman–Crippen LogP) is 2.21. The molecule has 2 atom stereocenters. The van der Waals surface area contributed by atoms with E-state index in [1.165, 1.54) is 6.33 Å². The average Bonchev–Trinajstić information content (AvgIpc) is 3.23. The molecule has 7 nitrogen and oxygen atoms in total. The maximum Gasteiger partial charge on any atom is 0.245 e. The molecule has 1 amide bonds. The molecule has 0 aliphatic rings. The lowest BCUT2D eigenvalue weighted by Gasteiger charge is -2.22. The summed E-state index contributed by atoms with van der Waals surface area (Å²) in [5, 5.41) is 11.7. The van der Waals surface area contributed by atoms with E-state index in [2.05, 4.69) is 20.5 Å². The summed E-state index contributed by atoms with van der Waals surface area (Å²) in [6.07, 6.45) is 3.13. The van der Waals surface area contributed by atoms with Crippen molar-refractivity contribution in [2.45, 2.75) is 39.4 Å². The fraction of sp³-hybridized carbons (Fsp3) is 0.333. The molecule has 3 rings (SSSR count). The van der Waals surface area contributed by atoms with Crippen LogP contribution in [0.25, 0.3) is 0 Å².